The molecule has 0 amide bonds. The number of aromatic nitrogens is 2. The van der Waals surface area contributed by atoms with E-state index in [9.17, 15) is 14.5 Å². The Kier molecular flexibility index (Phi) is 3.60. The Morgan fingerprint density at radius 1 is 1.30 bits per heavy atom. The zero-order valence-electron chi connectivity index (χ0n) is 11.3. The lowest BCUT2D eigenvalue weighted by molar-refractivity contribution is -0.384. The lowest BCUT2D eigenvalue weighted by Gasteiger charge is -2.09. The fourth-order valence-electron chi connectivity index (χ4n) is 1.81. The van der Waals surface area contributed by atoms with Crippen LogP contribution < -0.4 is 5.32 Å². The zero-order valence-corrected chi connectivity index (χ0v) is 11.3. The molecule has 0 aliphatic carbocycles. The van der Waals surface area contributed by atoms with E-state index in [-0.39, 0.29) is 23.0 Å². The average molecular weight is 276 g/mol. The van der Waals surface area contributed by atoms with Crippen LogP contribution in [0.15, 0.2) is 18.2 Å². The summed E-state index contributed by atoms with van der Waals surface area (Å²) in [5.41, 5.74) is 1.43. The van der Waals surface area contributed by atoms with E-state index in [1.165, 1.54) is 19.1 Å². The second kappa shape index (κ2) is 5.20. The van der Waals surface area contributed by atoms with Crippen LogP contribution in [0, 0.1) is 29.8 Å². The third-order valence-corrected chi connectivity index (χ3v) is 2.93. The SMILES string of the molecule is CNc1nc(-c2cc([N+](=O)[O-])ccc2C)nc(C)c1F. The molecule has 20 heavy (non-hydrogen) atoms. The number of benzene rings is 1. The Labute approximate surface area is 114 Å². The molecule has 0 spiro atoms. The number of nitro benzene ring substituents is 1. The highest BCUT2D eigenvalue weighted by atomic mass is 19.1. The number of hydrogen-bond acceptors (Lipinski definition) is 5. The smallest absolute Gasteiger partial charge is 0.270 e. The van der Waals surface area contributed by atoms with Gasteiger partial charge in [-0.2, -0.15) is 0 Å². The van der Waals surface area contributed by atoms with Gasteiger partial charge < -0.3 is 5.32 Å². The predicted molar refractivity (Wildman–Crippen MR) is 73.1 cm³/mol. The van der Waals surface area contributed by atoms with Crippen LogP contribution in [0.1, 0.15) is 11.3 Å². The highest BCUT2D eigenvalue weighted by Crippen LogP contribution is 2.27. The van der Waals surface area contributed by atoms with Crippen LogP contribution in [0.25, 0.3) is 11.4 Å². The summed E-state index contributed by atoms with van der Waals surface area (Å²) < 4.78 is 13.7. The first-order valence-electron chi connectivity index (χ1n) is 5.91. The molecule has 2 aromatic rings. The quantitative estimate of drug-likeness (QED) is 0.688. The number of non-ortho nitro benzene ring substituents is 1. The van der Waals surface area contributed by atoms with Gasteiger partial charge >= 0.3 is 0 Å². The number of nitrogens with one attached hydrogen (secondary N) is 1. The van der Waals surface area contributed by atoms with Crippen molar-refractivity contribution in [2.24, 2.45) is 0 Å². The summed E-state index contributed by atoms with van der Waals surface area (Å²) in [6.45, 7) is 3.31. The molecule has 1 N–H and O–H groups in total. The molecule has 0 aliphatic heterocycles. The Hall–Kier alpha value is -2.57. The number of anilines is 1. The lowest BCUT2D eigenvalue weighted by atomic mass is 10.1. The van der Waals surface area contributed by atoms with Crippen molar-refractivity contribution in [3.8, 4) is 11.4 Å². The number of aryl methyl sites for hydroxylation is 2. The van der Waals surface area contributed by atoms with Crippen molar-refractivity contribution < 1.29 is 9.31 Å². The minimum atomic E-state index is -0.528. The van der Waals surface area contributed by atoms with Gasteiger partial charge in [0, 0.05) is 24.7 Å². The van der Waals surface area contributed by atoms with Crippen LogP contribution in [0.3, 0.4) is 0 Å². The summed E-state index contributed by atoms with van der Waals surface area (Å²) in [6, 6.07) is 4.42. The van der Waals surface area contributed by atoms with Gasteiger partial charge in [-0.05, 0) is 19.4 Å². The standard InChI is InChI=1S/C13H13FN4O2/c1-7-4-5-9(18(19)20)6-10(7)12-16-8(2)11(14)13(15-3)17-12/h4-6H,1-3H3,(H,15,16,17). The third kappa shape index (κ3) is 2.42. The van der Waals surface area contributed by atoms with Crippen LogP contribution in [0.4, 0.5) is 15.9 Å². The molecule has 1 aromatic carbocycles. The van der Waals surface area contributed by atoms with E-state index in [0.717, 1.165) is 5.56 Å². The zero-order chi connectivity index (χ0) is 14.9. The monoisotopic (exact) mass is 276 g/mol. The molecule has 0 saturated carbocycles. The minimum absolute atomic E-state index is 0.0535. The summed E-state index contributed by atoms with van der Waals surface area (Å²) in [5.74, 6) is -0.202. The van der Waals surface area contributed by atoms with Crippen molar-refractivity contribution in [1.82, 2.24) is 9.97 Å². The van der Waals surface area contributed by atoms with Crippen LogP contribution in [-0.2, 0) is 0 Å². The maximum Gasteiger partial charge on any atom is 0.270 e. The van der Waals surface area contributed by atoms with E-state index in [1.807, 2.05) is 0 Å². The topological polar surface area (TPSA) is 81.0 Å². The van der Waals surface area contributed by atoms with E-state index in [0.29, 0.717) is 5.56 Å². The normalized spacial score (nSPS) is 10.4. The van der Waals surface area contributed by atoms with E-state index >= 15 is 0 Å². The summed E-state index contributed by atoms with van der Waals surface area (Å²) in [7, 11) is 1.55. The van der Waals surface area contributed by atoms with E-state index < -0.39 is 10.7 Å². The van der Waals surface area contributed by atoms with Gasteiger partial charge in [0.1, 0.15) is 0 Å². The maximum absolute atomic E-state index is 13.7. The van der Waals surface area contributed by atoms with Gasteiger partial charge in [0.15, 0.2) is 17.5 Å². The molecule has 0 radical (unpaired) electrons. The van der Waals surface area contributed by atoms with Gasteiger partial charge in [0.05, 0.1) is 10.6 Å². The van der Waals surface area contributed by atoms with Crippen LogP contribution in [0.5, 0.6) is 0 Å². The highest BCUT2D eigenvalue weighted by molar-refractivity contribution is 5.65. The molecule has 0 atom stereocenters. The molecule has 0 bridgehead atoms. The van der Waals surface area contributed by atoms with E-state index in [4.69, 9.17) is 0 Å². The van der Waals surface area contributed by atoms with Crippen molar-refractivity contribution in [2.75, 3.05) is 12.4 Å². The van der Waals surface area contributed by atoms with Gasteiger partial charge in [0.25, 0.3) is 5.69 Å². The van der Waals surface area contributed by atoms with Gasteiger partial charge in [-0.3, -0.25) is 10.1 Å². The van der Waals surface area contributed by atoms with Gasteiger partial charge in [-0.1, -0.05) is 6.07 Å². The van der Waals surface area contributed by atoms with Crippen molar-refractivity contribution in [3.05, 3.63) is 45.4 Å². The molecule has 6 nitrogen and oxygen atoms in total. The van der Waals surface area contributed by atoms with Gasteiger partial charge in [0.2, 0.25) is 0 Å². The summed E-state index contributed by atoms with van der Waals surface area (Å²) in [6.07, 6.45) is 0. The molecule has 104 valence electrons. The molecular formula is C13H13FN4O2. The molecule has 0 fully saturated rings. The minimum Gasteiger partial charge on any atom is -0.371 e. The fourth-order valence-corrected chi connectivity index (χ4v) is 1.81. The second-order valence-electron chi connectivity index (χ2n) is 4.30. The average Bonchev–Trinajstić information content (AvgIpc) is 2.42. The first-order valence-corrected chi connectivity index (χ1v) is 5.91. The van der Waals surface area contributed by atoms with E-state index in [1.54, 1.807) is 20.0 Å². The molecular weight excluding hydrogens is 263 g/mol. The molecule has 0 aliphatic rings. The van der Waals surface area contributed by atoms with Crippen molar-refractivity contribution in [3.63, 3.8) is 0 Å². The molecule has 1 aromatic heterocycles. The first-order chi connectivity index (χ1) is 9.43. The lowest BCUT2D eigenvalue weighted by Crippen LogP contribution is -2.04. The van der Waals surface area contributed by atoms with E-state index in [2.05, 4.69) is 15.3 Å². The maximum atomic E-state index is 13.7. The largest absolute Gasteiger partial charge is 0.371 e. The third-order valence-electron chi connectivity index (χ3n) is 2.93. The van der Waals surface area contributed by atoms with Crippen molar-refractivity contribution in [2.45, 2.75) is 13.8 Å². The number of halogens is 1. The summed E-state index contributed by atoms with van der Waals surface area (Å²) in [5, 5.41) is 13.5. The number of nitro groups is 1. The Bertz CT molecular complexity index is 688. The molecule has 2 rings (SSSR count). The van der Waals surface area contributed by atoms with Crippen LogP contribution in [0.2, 0.25) is 0 Å². The molecule has 1 heterocycles. The Morgan fingerprint density at radius 2 is 2.00 bits per heavy atom. The first kappa shape index (κ1) is 13.9. The summed E-state index contributed by atoms with van der Waals surface area (Å²) in [4.78, 5) is 18.5. The Morgan fingerprint density at radius 3 is 2.60 bits per heavy atom. The van der Waals surface area contributed by atoms with Crippen molar-refractivity contribution >= 4 is 11.5 Å². The second-order valence-corrected chi connectivity index (χ2v) is 4.30. The highest BCUT2D eigenvalue weighted by Gasteiger charge is 2.16. The fraction of sp³-hybridized carbons (Fsp3) is 0.231. The molecule has 7 heteroatoms. The number of hydrogen-bond donors (Lipinski definition) is 1. The number of nitrogens with zero attached hydrogens (tertiary/aromatic N) is 3. The number of rotatable bonds is 3. The molecule has 0 saturated heterocycles. The molecule has 0 unspecified atom stereocenters. The van der Waals surface area contributed by atoms with Crippen LogP contribution >= 0.6 is 0 Å². The predicted octanol–water partition coefficient (Wildman–Crippen LogP) is 2.85. The van der Waals surface area contributed by atoms with Gasteiger partial charge in [-0.15, -0.1) is 0 Å². The van der Waals surface area contributed by atoms with Crippen molar-refractivity contribution in [1.29, 1.82) is 0 Å². The van der Waals surface area contributed by atoms with Crippen LogP contribution in [-0.4, -0.2) is 21.9 Å². The summed E-state index contributed by atoms with van der Waals surface area (Å²) >= 11 is 0. The Balaban J connectivity index is 2.64. The van der Waals surface area contributed by atoms with Gasteiger partial charge in [-0.25, -0.2) is 14.4 Å².